The van der Waals surface area contributed by atoms with Crippen LogP contribution in [0.15, 0.2) is 79.1 Å². The van der Waals surface area contributed by atoms with E-state index < -0.39 is 0 Å². The van der Waals surface area contributed by atoms with Gasteiger partial charge in [-0.1, -0.05) is 18.2 Å². The zero-order valence-corrected chi connectivity index (χ0v) is 37.2. The van der Waals surface area contributed by atoms with E-state index in [0.29, 0.717) is 35.8 Å². The molecule has 0 saturated carbocycles. The van der Waals surface area contributed by atoms with Crippen LogP contribution in [0, 0.1) is 0 Å². The Bertz CT molecular complexity index is 2320. The lowest BCUT2D eigenvalue weighted by molar-refractivity contribution is -0.125. The van der Waals surface area contributed by atoms with Gasteiger partial charge in [0, 0.05) is 101 Å². The van der Waals surface area contributed by atoms with Crippen molar-refractivity contribution in [2.45, 2.75) is 50.2 Å². The second-order valence-corrected chi connectivity index (χ2v) is 16.9. The summed E-state index contributed by atoms with van der Waals surface area (Å²) >= 11 is 0. The van der Waals surface area contributed by atoms with Gasteiger partial charge in [-0.05, 0) is 101 Å². The molecule has 16 heteroatoms. The summed E-state index contributed by atoms with van der Waals surface area (Å²) in [4.78, 5) is 64.9. The Balaban J connectivity index is 0.000000449. The number of hydrogen-bond acceptors (Lipinski definition) is 14. The number of ether oxygens (including phenoxy) is 1. The number of likely N-dealkylation sites (N-methyl/N-ethyl adjacent to an activating group) is 2. The molecule has 0 spiro atoms. The fourth-order valence-electron chi connectivity index (χ4n) is 9.07. The lowest BCUT2D eigenvalue weighted by Gasteiger charge is -2.39. The summed E-state index contributed by atoms with van der Waals surface area (Å²) in [5, 5.41) is 8.47. The van der Waals surface area contributed by atoms with Crippen molar-refractivity contribution < 1.29 is 23.9 Å². The molecule has 16 nitrogen and oxygen atoms in total. The van der Waals surface area contributed by atoms with Crippen LogP contribution in [-0.4, -0.2) is 163 Å². The third-order valence-corrected chi connectivity index (χ3v) is 12.8. The summed E-state index contributed by atoms with van der Waals surface area (Å²) in [5.41, 5.74) is 10.9. The number of piperazine rings is 1. The lowest BCUT2D eigenvalue weighted by Crippen LogP contribution is -2.51. The number of nitrogens with zero attached hydrogens (tertiary/aromatic N) is 9. The number of para-hydroxylation sites is 1. The van der Waals surface area contributed by atoms with Crippen LogP contribution in [0.2, 0.25) is 0 Å². The third-order valence-electron chi connectivity index (χ3n) is 12.8. The fraction of sp³-hybridized carbons (Fsp3) is 0.438. The van der Waals surface area contributed by atoms with Gasteiger partial charge in [-0.2, -0.15) is 5.10 Å². The van der Waals surface area contributed by atoms with E-state index in [1.54, 1.807) is 13.1 Å². The molecule has 0 aliphatic carbocycles. The molecule has 3 saturated heterocycles. The Labute approximate surface area is 375 Å². The van der Waals surface area contributed by atoms with E-state index in [9.17, 15) is 19.2 Å². The molecular formula is C48H61N11O5. The number of aldehydes is 3. The molecule has 3 aromatic carbocycles. The number of nitrogens with two attached hydrogens (primary N) is 1. The summed E-state index contributed by atoms with van der Waals surface area (Å²) in [6.07, 6.45) is 8.10. The number of carbonyl (C=O) groups is 4. The van der Waals surface area contributed by atoms with Crippen molar-refractivity contribution in [1.29, 1.82) is 0 Å². The average molecular weight is 872 g/mol. The first-order chi connectivity index (χ1) is 31.2. The number of hydrogen-bond donors (Lipinski definition) is 2. The quantitative estimate of drug-likeness (QED) is 0.131. The van der Waals surface area contributed by atoms with Crippen molar-refractivity contribution in [1.82, 2.24) is 44.7 Å². The number of benzene rings is 3. The predicted molar refractivity (Wildman–Crippen MR) is 249 cm³/mol. The topological polar surface area (TPSA) is 175 Å². The first-order valence-electron chi connectivity index (χ1n) is 22.3. The molecule has 64 heavy (non-hydrogen) atoms. The van der Waals surface area contributed by atoms with Gasteiger partial charge in [0.05, 0.1) is 17.5 Å². The van der Waals surface area contributed by atoms with Crippen LogP contribution in [0.5, 0.6) is 11.5 Å². The van der Waals surface area contributed by atoms with Crippen LogP contribution >= 0.6 is 0 Å². The minimum Gasteiger partial charge on any atom is -0.457 e. The maximum Gasteiger partial charge on any atom is 0.237 e. The number of likely N-dealkylation sites (tertiary alicyclic amines) is 2. The van der Waals surface area contributed by atoms with E-state index >= 15 is 0 Å². The Kier molecular flexibility index (Phi) is 15.8. The molecule has 3 aliphatic rings. The fourth-order valence-corrected chi connectivity index (χ4v) is 9.07. The highest BCUT2D eigenvalue weighted by molar-refractivity contribution is 5.98. The molecule has 5 heterocycles. The summed E-state index contributed by atoms with van der Waals surface area (Å²) in [6.45, 7) is 10.3. The number of nitrogens with one attached hydrogen (secondary N) is 1. The van der Waals surface area contributed by atoms with Crippen LogP contribution in [0.1, 0.15) is 58.9 Å². The molecule has 8 rings (SSSR count). The minimum atomic E-state index is -0.194. The normalized spacial score (nSPS) is 18.1. The van der Waals surface area contributed by atoms with Crippen LogP contribution in [0.25, 0.3) is 22.3 Å². The van der Waals surface area contributed by atoms with Gasteiger partial charge in [-0.25, -0.2) is 14.6 Å². The zero-order valence-electron chi connectivity index (χ0n) is 37.2. The molecule has 2 unspecified atom stereocenters. The molecule has 3 aliphatic heterocycles. The van der Waals surface area contributed by atoms with E-state index in [4.69, 9.17) is 15.6 Å². The number of nitrogen functional groups attached to an aromatic ring is 1. The number of aromatic nitrogens is 4. The monoisotopic (exact) mass is 871 g/mol. The van der Waals surface area contributed by atoms with E-state index in [0.717, 1.165) is 137 Å². The number of carbonyl (C=O) groups excluding carboxylic acids is 4. The van der Waals surface area contributed by atoms with Gasteiger partial charge in [0.1, 0.15) is 35.6 Å². The molecule has 2 atom stereocenters. The van der Waals surface area contributed by atoms with Crippen LogP contribution in [0.4, 0.5) is 11.5 Å². The van der Waals surface area contributed by atoms with Crippen molar-refractivity contribution >= 4 is 47.3 Å². The van der Waals surface area contributed by atoms with Crippen molar-refractivity contribution in [3.63, 3.8) is 0 Å². The maximum absolute atomic E-state index is 11.4. The van der Waals surface area contributed by atoms with Gasteiger partial charge in [0.15, 0.2) is 18.2 Å². The van der Waals surface area contributed by atoms with E-state index in [-0.39, 0.29) is 18.0 Å². The predicted octanol–water partition coefficient (Wildman–Crippen LogP) is 4.67. The smallest absolute Gasteiger partial charge is 0.237 e. The molecule has 3 N–H and O–H groups in total. The lowest BCUT2D eigenvalue weighted by atomic mass is 10.1. The first-order valence-corrected chi connectivity index (χ1v) is 22.3. The Morgan fingerprint density at radius 1 is 0.828 bits per heavy atom. The van der Waals surface area contributed by atoms with Gasteiger partial charge in [0.2, 0.25) is 5.91 Å². The second kappa shape index (κ2) is 22.0. The molecule has 0 radical (unpaired) electrons. The summed E-state index contributed by atoms with van der Waals surface area (Å²) < 4.78 is 8.09. The van der Waals surface area contributed by atoms with Crippen molar-refractivity contribution in [2.24, 2.45) is 0 Å². The molecule has 3 fully saturated rings. The highest BCUT2D eigenvalue weighted by atomic mass is 16.5. The van der Waals surface area contributed by atoms with Crippen LogP contribution in [0.3, 0.4) is 0 Å². The Hall–Kier alpha value is -6.07. The van der Waals surface area contributed by atoms with E-state index in [1.807, 2.05) is 85.7 Å². The molecule has 338 valence electrons. The third kappa shape index (κ3) is 11.2. The van der Waals surface area contributed by atoms with Gasteiger partial charge in [-0.15, -0.1) is 0 Å². The number of piperidine rings is 1. The van der Waals surface area contributed by atoms with Gasteiger partial charge in [0.25, 0.3) is 0 Å². The molecule has 2 aromatic heterocycles. The number of rotatable bonds is 16. The SMILES string of the molecule is CNC(=O)C(CCC=O)N(C)C.Nc1ncnc2c1c(-c1ccc(Oc3ccccc3)cc1)nn2C1CCN(CCN2CCC(N3CCN(c4ccc(C=O)c(C=O)c4)CC3)C2)CC1. The van der Waals surface area contributed by atoms with E-state index in [1.165, 1.54) is 12.7 Å². The highest BCUT2D eigenvalue weighted by Gasteiger charge is 2.31. The molecule has 0 bridgehead atoms. The van der Waals surface area contributed by atoms with Crippen molar-refractivity contribution in [3.8, 4) is 22.8 Å². The minimum absolute atomic E-state index is 0.0400. The molecule has 1 amide bonds. The Morgan fingerprint density at radius 3 is 2.17 bits per heavy atom. The largest absolute Gasteiger partial charge is 0.457 e. The number of amides is 1. The highest BCUT2D eigenvalue weighted by Crippen LogP contribution is 2.35. The summed E-state index contributed by atoms with van der Waals surface area (Å²) in [6, 6.07) is 23.9. The van der Waals surface area contributed by atoms with Gasteiger partial charge >= 0.3 is 0 Å². The Morgan fingerprint density at radius 2 is 1.50 bits per heavy atom. The molecular weight excluding hydrogens is 811 g/mol. The standard InChI is InChI=1S/C40H45N9O3.C8H16N2O2/c41-39-37-38(29-7-10-36(11-8-29)52-35-4-2-1-3-5-35)44-49(40(37)43-28-42-39)32-12-15-45(16-13-32)18-19-46-17-14-34(25-46)48-22-20-47(21-23-48)33-9-6-30(26-50)31(24-33)27-51;1-9-8(12)7(10(2)3)5-4-6-11/h1-11,24,26-28,32,34H,12-23,25H2,(H2,41,42,43);6-7H,4-5H2,1-3H3,(H,9,12). The zero-order chi connectivity index (χ0) is 45.0. The number of fused-ring (bicyclic) bond motifs is 1. The van der Waals surface area contributed by atoms with Crippen LogP contribution in [-0.2, 0) is 9.59 Å². The van der Waals surface area contributed by atoms with Crippen LogP contribution < -0.4 is 20.7 Å². The summed E-state index contributed by atoms with van der Waals surface area (Å²) in [5.74, 6) is 1.95. The van der Waals surface area contributed by atoms with E-state index in [2.05, 4.69) is 39.6 Å². The first kappa shape index (κ1) is 45.9. The number of anilines is 2. The molecule has 5 aromatic rings. The average Bonchev–Trinajstić information content (AvgIpc) is 3.98. The second-order valence-electron chi connectivity index (χ2n) is 16.9. The van der Waals surface area contributed by atoms with Gasteiger partial charge in [-0.3, -0.25) is 24.2 Å². The van der Waals surface area contributed by atoms with Crippen molar-refractivity contribution in [2.75, 3.05) is 97.2 Å². The summed E-state index contributed by atoms with van der Waals surface area (Å²) in [7, 11) is 5.25. The van der Waals surface area contributed by atoms with Crippen molar-refractivity contribution in [3.05, 3.63) is 90.3 Å². The maximum atomic E-state index is 11.4. The van der Waals surface area contributed by atoms with Gasteiger partial charge < -0.3 is 35.3 Å².